The average molecular weight is 398 g/mol. The number of hydrogen-bond donors (Lipinski definition) is 2. The van der Waals surface area contributed by atoms with Gasteiger partial charge in [0, 0.05) is 17.1 Å². The second kappa shape index (κ2) is 9.09. The lowest BCUT2D eigenvalue weighted by atomic mass is 9.99. The maximum atomic E-state index is 12.5. The second-order valence-electron chi connectivity index (χ2n) is 7.02. The summed E-state index contributed by atoms with van der Waals surface area (Å²) in [5.74, 6) is -0.786. The van der Waals surface area contributed by atoms with E-state index in [-0.39, 0.29) is 25.0 Å². The largest absolute Gasteiger partial charge is 0.455 e. The van der Waals surface area contributed by atoms with Gasteiger partial charge in [0.05, 0.1) is 12.5 Å². The van der Waals surface area contributed by atoms with Gasteiger partial charge >= 0.3 is 5.97 Å². The van der Waals surface area contributed by atoms with Gasteiger partial charge in [-0.05, 0) is 22.8 Å². The number of para-hydroxylation sites is 1. The molecule has 4 aromatic rings. The summed E-state index contributed by atoms with van der Waals surface area (Å²) in [5.41, 5.74) is 3.73. The van der Waals surface area contributed by atoms with Crippen LogP contribution in [0.25, 0.3) is 10.9 Å². The zero-order valence-corrected chi connectivity index (χ0v) is 16.4. The van der Waals surface area contributed by atoms with Crippen LogP contribution in [0.15, 0.2) is 91.1 Å². The van der Waals surface area contributed by atoms with E-state index in [0.717, 1.165) is 27.6 Å². The van der Waals surface area contributed by atoms with E-state index in [9.17, 15) is 9.59 Å². The molecule has 30 heavy (non-hydrogen) atoms. The molecule has 2 N–H and O–H groups in total. The standard InChI is InChI=1S/C25H22N2O3/c28-23(17-30-24(29)15-20-16-26-22-14-8-7-13-21(20)22)27-25(18-9-3-1-4-10-18)19-11-5-2-6-12-19/h1-14,16,25-26H,15,17H2,(H,27,28). The molecule has 1 amide bonds. The lowest BCUT2D eigenvalue weighted by molar-refractivity contribution is -0.148. The van der Waals surface area contributed by atoms with E-state index in [2.05, 4.69) is 10.3 Å². The van der Waals surface area contributed by atoms with Gasteiger partial charge in [0.25, 0.3) is 5.91 Å². The molecule has 4 rings (SSSR count). The highest BCUT2D eigenvalue weighted by Gasteiger charge is 2.18. The van der Waals surface area contributed by atoms with Gasteiger partial charge in [-0.15, -0.1) is 0 Å². The number of esters is 1. The summed E-state index contributed by atoms with van der Waals surface area (Å²) in [5, 5.41) is 3.95. The van der Waals surface area contributed by atoms with Crippen molar-refractivity contribution in [3.63, 3.8) is 0 Å². The third kappa shape index (κ3) is 4.58. The fourth-order valence-electron chi connectivity index (χ4n) is 3.48. The van der Waals surface area contributed by atoms with Gasteiger partial charge in [-0.2, -0.15) is 0 Å². The summed E-state index contributed by atoms with van der Waals surface area (Å²) < 4.78 is 5.23. The van der Waals surface area contributed by atoms with E-state index in [1.165, 1.54) is 0 Å². The van der Waals surface area contributed by atoms with Gasteiger partial charge < -0.3 is 15.0 Å². The minimum Gasteiger partial charge on any atom is -0.455 e. The first kappa shape index (κ1) is 19.5. The number of H-pyrrole nitrogens is 1. The number of aromatic amines is 1. The SMILES string of the molecule is O=C(COC(=O)Cc1c[nH]c2ccccc12)NC(c1ccccc1)c1ccccc1. The average Bonchev–Trinajstić information content (AvgIpc) is 3.20. The summed E-state index contributed by atoms with van der Waals surface area (Å²) in [6, 6.07) is 26.9. The molecular formula is C25H22N2O3. The smallest absolute Gasteiger partial charge is 0.310 e. The number of benzene rings is 3. The summed E-state index contributed by atoms with van der Waals surface area (Å²) in [6.07, 6.45) is 1.91. The highest BCUT2D eigenvalue weighted by atomic mass is 16.5. The van der Waals surface area contributed by atoms with Crippen LogP contribution in [-0.4, -0.2) is 23.5 Å². The zero-order chi connectivity index (χ0) is 20.8. The Kier molecular flexibility index (Phi) is 5.90. The maximum absolute atomic E-state index is 12.5. The number of ether oxygens (including phenoxy) is 1. The Balaban J connectivity index is 1.38. The molecular weight excluding hydrogens is 376 g/mol. The van der Waals surface area contributed by atoms with Gasteiger partial charge in [0.15, 0.2) is 6.61 Å². The van der Waals surface area contributed by atoms with Crippen molar-refractivity contribution in [2.45, 2.75) is 12.5 Å². The van der Waals surface area contributed by atoms with Crippen LogP contribution in [0.5, 0.6) is 0 Å². The summed E-state index contributed by atoms with van der Waals surface area (Å²) in [6.45, 7) is -0.322. The van der Waals surface area contributed by atoms with E-state index in [1.807, 2.05) is 84.9 Å². The van der Waals surface area contributed by atoms with Gasteiger partial charge in [-0.25, -0.2) is 0 Å². The first-order valence-corrected chi connectivity index (χ1v) is 9.80. The lowest BCUT2D eigenvalue weighted by Gasteiger charge is -2.20. The number of rotatable bonds is 7. The van der Waals surface area contributed by atoms with E-state index in [4.69, 9.17) is 4.74 Å². The molecule has 0 saturated carbocycles. The van der Waals surface area contributed by atoms with Crippen molar-refractivity contribution < 1.29 is 14.3 Å². The van der Waals surface area contributed by atoms with E-state index in [1.54, 1.807) is 6.20 Å². The maximum Gasteiger partial charge on any atom is 0.310 e. The normalized spacial score (nSPS) is 10.8. The fourth-order valence-corrected chi connectivity index (χ4v) is 3.48. The van der Waals surface area contributed by atoms with Crippen LogP contribution >= 0.6 is 0 Å². The molecule has 0 aliphatic heterocycles. The zero-order valence-electron chi connectivity index (χ0n) is 16.4. The number of carbonyl (C=O) groups is 2. The van der Waals surface area contributed by atoms with Crippen LogP contribution in [0.4, 0.5) is 0 Å². The second-order valence-corrected chi connectivity index (χ2v) is 7.02. The Bertz CT molecular complexity index is 1100. The fraction of sp³-hybridized carbons (Fsp3) is 0.120. The van der Waals surface area contributed by atoms with Crippen molar-refractivity contribution in [1.29, 1.82) is 0 Å². The molecule has 5 heteroatoms. The molecule has 150 valence electrons. The molecule has 0 aliphatic rings. The number of aromatic nitrogens is 1. The molecule has 3 aromatic carbocycles. The minimum absolute atomic E-state index is 0.109. The Labute approximate surface area is 174 Å². The van der Waals surface area contributed by atoms with Gasteiger partial charge in [0.2, 0.25) is 0 Å². The minimum atomic E-state index is -0.439. The Hall–Kier alpha value is -3.86. The van der Waals surface area contributed by atoms with Crippen LogP contribution in [0.3, 0.4) is 0 Å². The summed E-state index contributed by atoms with van der Waals surface area (Å²) in [4.78, 5) is 27.9. The molecule has 0 unspecified atom stereocenters. The topological polar surface area (TPSA) is 71.2 Å². The van der Waals surface area contributed by atoms with Crippen LogP contribution in [-0.2, 0) is 20.7 Å². The van der Waals surface area contributed by atoms with E-state index in [0.29, 0.717) is 0 Å². The van der Waals surface area contributed by atoms with Crippen molar-refractivity contribution in [2.24, 2.45) is 0 Å². The number of amides is 1. The van der Waals surface area contributed by atoms with E-state index >= 15 is 0 Å². The number of nitrogens with one attached hydrogen (secondary N) is 2. The summed E-state index contributed by atoms with van der Waals surface area (Å²) in [7, 11) is 0. The Morgan fingerprint density at radius 2 is 1.43 bits per heavy atom. The molecule has 0 bridgehead atoms. The van der Waals surface area contributed by atoms with Crippen LogP contribution < -0.4 is 5.32 Å². The molecule has 0 fully saturated rings. The monoisotopic (exact) mass is 398 g/mol. The first-order valence-electron chi connectivity index (χ1n) is 9.80. The van der Waals surface area contributed by atoms with Crippen molar-refractivity contribution in [2.75, 3.05) is 6.61 Å². The van der Waals surface area contributed by atoms with Crippen molar-refractivity contribution in [3.8, 4) is 0 Å². The molecule has 1 aromatic heterocycles. The predicted octanol–water partition coefficient (Wildman–Crippen LogP) is 4.16. The highest BCUT2D eigenvalue weighted by Crippen LogP contribution is 2.22. The number of hydrogen-bond acceptors (Lipinski definition) is 3. The van der Waals surface area contributed by atoms with Crippen molar-refractivity contribution in [3.05, 3.63) is 108 Å². The quantitative estimate of drug-likeness (QED) is 0.459. The molecule has 5 nitrogen and oxygen atoms in total. The van der Waals surface area contributed by atoms with Gasteiger partial charge in [-0.1, -0.05) is 78.9 Å². The lowest BCUT2D eigenvalue weighted by Crippen LogP contribution is -2.33. The molecule has 0 spiro atoms. The van der Waals surface area contributed by atoms with E-state index < -0.39 is 5.97 Å². The van der Waals surface area contributed by atoms with Gasteiger partial charge in [0.1, 0.15) is 0 Å². The Morgan fingerprint density at radius 1 is 0.833 bits per heavy atom. The summed E-state index contributed by atoms with van der Waals surface area (Å²) >= 11 is 0. The number of fused-ring (bicyclic) bond motifs is 1. The molecule has 0 aliphatic carbocycles. The van der Waals surface area contributed by atoms with Crippen molar-refractivity contribution >= 4 is 22.8 Å². The van der Waals surface area contributed by atoms with Crippen LogP contribution in [0.1, 0.15) is 22.7 Å². The van der Waals surface area contributed by atoms with Crippen LogP contribution in [0.2, 0.25) is 0 Å². The molecule has 0 atom stereocenters. The number of carbonyl (C=O) groups excluding carboxylic acids is 2. The van der Waals surface area contributed by atoms with Gasteiger partial charge in [-0.3, -0.25) is 9.59 Å². The molecule has 0 saturated heterocycles. The molecule has 1 heterocycles. The third-order valence-electron chi connectivity index (χ3n) is 4.95. The molecule has 0 radical (unpaired) electrons. The highest BCUT2D eigenvalue weighted by molar-refractivity contribution is 5.88. The Morgan fingerprint density at radius 3 is 2.10 bits per heavy atom. The van der Waals surface area contributed by atoms with Crippen LogP contribution in [0, 0.1) is 0 Å². The first-order chi connectivity index (χ1) is 14.7. The predicted molar refractivity (Wildman–Crippen MR) is 116 cm³/mol. The van der Waals surface area contributed by atoms with Crippen molar-refractivity contribution in [1.82, 2.24) is 10.3 Å². The third-order valence-corrected chi connectivity index (χ3v) is 4.95.